The molecule has 0 saturated carbocycles. The lowest BCUT2D eigenvalue weighted by Gasteiger charge is -2.46. The molecule has 2 unspecified atom stereocenters. The average Bonchev–Trinajstić information content (AvgIpc) is 2.50. The topological polar surface area (TPSA) is 24.5 Å². The summed E-state index contributed by atoms with van der Waals surface area (Å²) in [7, 11) is 0. The molecular weight excluding hydrogens is 248 g/mol. The maximum atomic E-state index is 6.08. The summed E-state index contributed by atoms with van der Waals surface area (Å²) >= 11 is 0. The Morgan fingerprint density at radius 1 is 1.40 bits per heavy atom. The summed E-state index contributed by atoms with van der Waals surface area (Å²) in [5, 5.41) is 3.53. The van der Waals surface area contributed by atoms with Crippen molar-refractivity contribution in [3.8, 4) is 0 Å². The van der Waals surface area contributed by atoms with Crippen molar-refractivity contribution in [1.29, 1.82) is 0 Å². The number of nitrogens with one attached hydrogen (secondary N) is 1. The second-order valence-corrected chi connectivity index (χ2v) is 6.28. The number of benzene rings is 1. The lowest BCUT2D eigenvalue weighted by atomic mass is 9.91. The fourth-order valence-electron chi connectivity index (χ4n) is 3.44. The third-order valence-corrected chi connectivity index (χ3v) is 5.07. The average molecular weight is 274 g/mol. The normalized spacial score (nSPS) is 31.0. The Hall–Kier alpha value is -0.900. The number of nitrogens with zero attached hydrogens (tertiary/aromatic N) is 1. The predicted octanol–water partition coefficient (Wildman–Crippen LogP) is 2.37. The molecule has 1 N–H and O–H groups in total. The van der Waals surface area contributed by atoms with E-state index in [0.29, 0.717) is 0 Å². The van der Waals surface area contributed by atoms with Crippen molar-refractivity contribution in [3.63, 3.8) is 0 Å². The smallest absolute Gasteiger partial charge is 0.0954 e. The lowest BCUT2D eigenvalue weighted by molar-refractivity contribution is -0.0226. The van der Waals surface area contributed by atoms with Crippen molar-refractivity contribution in [1.82, 2.24) is 10.2 Å². The molecule has 0 aliphatic carbocycles. The molecule has 3 rings (SSSR count). The first-order chi connectivity index (χ1) is 9.73. The lowest BCUT2D eigenvalue weighted by Crippen LogP contribution is -2.60. The first-order valence-corrected chi connectivity index (χ1v) is 7.88. The monoisotopic (exact) mass is 274 g/mol. The SMILES string of the molecule is CCC1(C)CNCCN1CC1OCCc2ccccc21. The Kier molecular flexibility index (Phi) is 4.11. The van der Waals surface area contributed by atoms with Gasteiger partial charge in [0.1, 0.15) is 0 Å². The van der Waals surface area contributed by atoms with Crippen molar-refractivity contribution in [3.05, 3.63) is 35.4 Å². The van der Waals surface area contributed by atoms with Crippen LogP contribution in [-0.4, -0.2) is 43.2 Å². The number of fused-ring (bicyclic) bond motifs is 1. The van der Waals surface area contributed by atoms with Gasteiger partial charge in [-0.05, 0) is 30.9 Å². The molecule has 2 aliphatic heterocycles. The number of hydrogen-bond donors (Lipinski definition) is 1. The fourth-order valence-corrected chi connectivity index (χ4v) is 3.44. The summed E-state index contributed by atoms with van der Waals surface area (Å²) in [5.74, 6) is 0. The van der Waals surface area contributed by atoms with Crippen LogP contribution in [0.25, 0.3) is 0 Å². The van der Waals surface area contributed by atoms with E-state index in [0.717, 1.165) is 39.2 Å². The summed E-state index contributed by atoms with van der Waals surface area (Å²) in [6.45, 7) is 9.82. The molecule has 0 aromatic heterocycles. The number of ether oxygens (including phenoxy) is 1. The summed E-state index contributed by atoms with van der Waals surface area (Å²) in [6, 6.07) is 8.77. The van der Waals surface area contributed by atoms with E-state index in [1.165, 1.54) is 17.5 Å². The Balaban J connectivity index is 1.78. The van der Waals surface area contributed by atoms with Crippen LogP contribution in [0.15, 0.2) is 24.3 Å². The zero-order chi connectivity index (χ0) is 14.0. The molecule has 3 heteroatoms. The van der Waals surface area contributed by atoms with Gasteiger partial charge in [-0.15, -0.1) is 0 Å². The molecule has 0 spiro atoms. The summed E-state index contributed by atoms with van der Waals surface area (Å²) < 4.78 is 6.08. The second kappa shape index (κ2) is 5.84. The van der Waals surface area contributed by atoms with Crippen LogP contribution in [0.1, 0.15) is 37.5 Å². The van der Waals surface area contributed by atoms with Crippen LogP contribution in [-0.2, 0) is 11.2 Å². The minimum Gasteiger partial charge on any atom is -0.372 e. The Bertz CT molecular complexity index is 462. The summed E-state index contributed by atoms with van der Waals surface area (Å²) in [5.41, 5.74) is 3.13. The fraction of sp³-hybridized carbons (Fsp3) is 0.647. The highest BCUT2D eigenvalue weighted by Gasteiger charge is 2.35. The van der Waals surface area contributed by atoms with Crippen LogP contribution in [0.3, 0.4) is 0 Å². The van der Waals surface area contributed by atoms with Crippen molar-refractivity contribution >= 4 is 0 Å². The molecule has 1 fully saturated rings. The quantitative estimate of drug-likeness (QED) is 0.916. The van der Waals surface area contributed by atoms with Crippen molar-refractivity contribution in [2.24, 2.45) is 0 Å². The van der Waals surface area contributed by atoms with Gasteiger partial charge in [-0.1, -0.05) is 31.2 Å². The van der Waals surface area contributed by atoms with Gasteiger partial charge in [0.25, 0.3) is 0 Å². The van der Waals surface area contributed by atoms with E-state index < -0.39 is 0 Å². The third-order valence-electron chi connectivity index (χ3n) is 5.07. The maximum absolute atomic E-state index is 6.08. The van der Waals surface area contributed by atoms with Gasteiger partial charge in [-0.3, -0.25) is 4.90 Å². The molecule has 1 aromatic rings. The number of rotatable bonds is 3. The molecule has 1 aromatic carbocycles. The molecule has 2 aliphatic rings. The van der Waals surface area contributed by atoms with E-state index >= 15 is 0 Å². The number of hydrogen-bond acceptors (Lipinski definition) is 3. The highest BCUT2D eigenvalue weighted by atomic mass is 16.5. The predicted molar refractivity (Wildman–Crippen MR) is 82.0 cm³/mol. The standard InChI is InChI=1S/C17H26N2O/c1-3-17(2)13-18-9-10-19(17)12-16-15-7-5-4-6-14(15)8-11-20-16/h4-7,16,18H,3,8-13H2,1-2H3. The molecule has 3 nitrogen and oxygen atoms in total. The second-order valence-electron chi connectivity index (χ2n) is 6.28. The van der Waals surface area contributed by atoms with Gasteiger partial charge in [0.05, 0.1) is 12.7 Å². The minimum atomic E-state index is 0.240. The highest BCUT2D eigenvalue weighted by molar-refractivity contribution is 5.31. The Morgan fingerprint density at radius 2 is 2.25 bits per heavy atom. The maximum Gasteiger partial charge on any atom is 0.0954 e. The minimum absolute atomic E-state index is 0.240. The van der Waals surface area contributed by atoms with E-state index in [9.17, 15) is 0 Å². The molecule has 0 amide bonds. The van der Waals surface area contributed by atoms with Crippen molar-refractivity contribution < 1.29 is 4.74 Å². The van der Waals surface area contributed by atoms with E-state index in [2.05, 4.69) is 48.3 Å². The summed E-state index contributed by atoms with van der Waals surface area (Å²) in [4.78, 5) is 2.62. The molecule has 0 bridgehead atoms. The van der Waals surface area contributed by atoms with Crippen LogP contribution in [0.4, 0.5) is 0 Å². The van der Waals surface area contributed by atoms with Crippen LogP contribution in [0.5, 0.6) is 0 Å². The van der Waals surface area contributed by atoms with Gasteiger partial charge in [0, 0.05) is 31.7 Å². The molecular formula is C17H26N2O. The van der Waals surface area contributed by atoms with Gasteiger partial charge in [-0.25, -0.2) is 0 Å². The molecule has 20 heavy (non-hydrogen) atoms. The molecule has 1 saturated heterocycles. The summed E-state index contributed by atoms with van der Waals surface area (Å²) in [6.07, 6.45) is 2.47. The molecule has 0 radical (unpaired) electrons. The highest BCUT2D eigenvalue weighted by Crippen LogP contribution is 2.31. The van der Waals surface area contributed by atoms with E-state index in [1.54, 1.807) is 0 Å². The Morgan fingerprint density at radius 3 is 3.10 bits per heavy atom. The first-order valence-electron chi connectivity index (χ1n) is 7.88. The largest absolute Gasteiger partial charge is 0.372 e. The van der Waals surface area contributed by atoms with Crippen molar-refractivity contribution in [2.75, 3.05) is 32.8 Å². The first kappa shape index (κ1) is 14.1. The van der Waals surface area contributed by atoms with Crippen LogP contribution in [0, 0.1) is 0 Å². The number of piperazine rings is 1. The van der Waals surface area contributed by atoms with Gasteiger partial charge in [-0.2, -0.15) is 0 Å². The molecule has 2 atom stereocenters. The van der Waals surface area contributed by atoms with E-state index in [4.69, 9.17) is 4.74 Å². The van der Waals surface area contributed by atoms with Crippen LogP contribution < -0.4 is 5.32 Å². The van der Waals surface area contributed by atoms with Crippen LogP contribution >= 0.6 is 0 Å². The van der Waals surface area contributed by atoms with Gasteiger partial charge < -0.3 is 10.1 Å². The van der Waals surface area contributed by atoms with Crippen molar-refractivity contribution in [2.45, 2.75) is 38.3 Å². The van der Waals surface area contributed by atoms with Gasteiger partial charge >= 0.3 is 0 Å². The third kappa shape index (κ3) is 2.62. The zero-order valence-electron chi connectivity index (χ0n) is 12.7. The molecule has 2 heterocycles. The van der Waals surface area contributed by atoms with E-state index in [1.807, 2.05) is 0 Å². The zero-order valence-corrected chi connectivity index (χ0v) is 12.7. The van der Waals surface area contributed by atoms with Crippen LogP contribution in [0.2, 0.25) is 0 Å². The molecule has 110 valence electrons. The Labute approximate surface area is 122 Å². The van der Waals surface area contributed by atoms with Gasteiger partial charge in [0.15, 0.2) is 0 Å². The van der Waals surface area contributed by atoms with E-state index in [-0.39, 0.29) is 11.6 Å². The van der Waals surface area contributed by atoms with Gasteiger partial charge in [0.2, 0.25) is 0 Å².